The van der Waals surface area contributed by atoms with Gasteiger partial charge in [-0.2, -0.15) is 10.2 Å². The second kappa shape index (κ2) is 8.55. The van der Waals surface area contributed by atoms with Crippen molar-refractivity contribution in [2.24, 2.45) is 0 Å². The second-order valence-corrected chi connectivity index (χ2v) is 7.05. The maximum Gasteiger partial charge on any atom is 0.159 e. The Kier molecular flexibility index (Phi) is 5.69. The predicted molar refractivity (Wildman–Crippen MR) is 115 cm³/mol. The quantitative estimate of drug-likeness (QED) is 0.538. The lowest BCUT2D eigenvalue weighted by atomic mass is 10.1. The minimum atomic E-state index is 0. The van der Waals surface area contributed by atoms with Crippen LogP contribution < -0.4 is 5.32 Å². The minimum absolute atomic E-state index is 0. The molecule has 29 heavy (non-hydrogen) atoms. The Balaban J connectivity index is 0.00000205. The molecule has 3 aromatic heterocycles. The molecular weight excluding hydrogens is 386 g/mol. The van der Waals surface area contributed by atoms with Gasteiger partial charge < -0.3 is 5.32 Å². The molecule has 1 aliphatic heterocycles. The van der Waals surface area contributed by atoms with Gasteiger partial charge in [0.2, 0.25) is 0 Å². The molecule has 0 spiro atoms. The van der Waals surface area contributed by atoms with E-state index in [1.807, 2.05) is 43.1 Å². The van der Waals surface area contributed by atoms with Crippen LogP contribution in [0, 0.1) is 0 Å². The monoisotopic (exact) mass is 407 g/mol. The van der Waals surface area contributed by atoms with E-state index in [4.69, 9.17) is 0 Å². The number of H-pyrrole nitrogens is 1. The summed E-state index contributed by atoms with van der Waals surface area (Å²) in [6.45, 7) is 2.10. The van der Waals surface area contributed by atoms with Crippen molar-refractivity contribution in [3.05, 3.63) is 61.4 Å². The summed E-state index contributed by atoms with van der Waals surface area (Å²) in [6, 6.07) is 8.64. The Morgan fingerprint density at radius 2 is 1.66 bits per heavy atom. The molecule has 0 atom stereocenters. The van der Waals surface area contributed by atoms with Crippen molar-refractivity contribution < 1.29 is 0 Å². The minimum Gasteiger partial charge on any atom is -0.317 e. The molecule has 0 aliphatic carbocycles. The maximum absolute atomic E-state index is 4.59. The third kappa shape index (κ3) is 4.06. The van der Waals surface area contributed by atoms with Gasteiger partial charge in [0.15, 0.2) is 5.82 Å². The van der Waals surface area contributed by atoms with E-state index in [2.05, 4.69) is 53.6 Å². The number of piperidine rings is 1. The first-order chi connectivity index (χ1) is 13.9. The normalized spacial score (nSPS) is 14.5. The SMILES string of the molecule is Cl.c1cc(-c2cn[nH]c2)cc(-c2ncc(-c3cnn(C4CCNCC4)c3)cn2)c1. The lowest BCUT2D eigenvalue weighted by Gasteiger charge is -2.22. The topological polar surface area (TPSA) is 84.3 Å². The second-order valence-electron chi connectivity index (χ2n) is 7.05. The molecule has 1 aromatic carbocycles. The molecular formula is C21H22ClN7. The predicted octanol–water partition coefficient (Wildman–Crippen LogP) is 3.74. The number of aromatic amines is 1. The van der Waals surface area contributed by atoms with Gasteiger partial charge in [0.25, 0.3) is 0 Å². The van der Waals surface area contributed by atoms with Gasteiger partial charge in [-0.15, -0.1) is 12.4 Å². The fraction of sp³-hybridized carbons (Fsp3) is 0.238. The third-order valence-corrected chi connectivity index (χ3v) is 5.22. The van der Waals surface area contributed by atoms with E-state index in [9.17, 15) is 0 Å². The van der Waals surface area contributed by atoms with Crippen molar-refractivity contribution in [1.29, 1.82) is 0 Å². The molecule has 0 amide bonds. The van der Waals surface area contributed by atoms with Gasteiger partial charge >= 0.3 is 0 Å². The van der Waals surface area contributed by atoms with Crippen LogP contribution >= 0.6 is 12.4 Å². The first-order valence-corrected chi connectivity index (χ1v) is 9.54. The zero-order valence-corrected chi connectivity index (χ0v) is 16.6. The molecule has 0 unspecified atom stereocenters. The molecule has 148 valence electrons. The molecule has 2 N–H and O–H groups in total. The number of halogens is 1. The first-order valence-electron chi connectivity index (χ1n) is 9.54. The lowest BCUT2D eigenvalue weighted by molar-refractivity contribution is 0.343. The molecule has 0 bridgehead atoms. The Bertz CT molecular complexity index is 1050. The van der Waals surface area contributed by atoms with Gasteiger partial charge in [-0.3, -0.25) is 9.78 Å². The van der Waals surface area contributed by atoms with Crippen LogP contribution in [0.3, 0.4) is 0 Å². The van der Waals surface area contributed by atoms with Gasteiger partial charge in [0, 0.05) is 47.0 Å². The lowest BCUT2D eigenvalue weighted by Crippen LogP contribution is -2.29. The van der Waals surface area contributed by atoms with Gasteiger partial charge in [-0.05, 0) is 37.6 Å². The van der Waals surface area contributed by atoms with Crippen LogP contribution in [0.5, 0.6) is 0 Å². The first kappa shape index (κ1) is 19.3. The Morgan fingerprint density at radius 1 is 0.862 bits per heavy atom. The van der Waals surface area contributed by atoms with Gasteiger partial charge in [-0.25, -0.2) is 9.97 Å². The summed E-state index contributed by atoms with van der Waals surface area (Å²) in [5.41, 5.74) is 5.15. The molecule has 0 radical (unpaired) electrons. The summed E-state index contributed by atoms with van der Waals surface area (Å²) in [6.07, 6.45) is 13.7. The zero-order chi connectivity index (χ0) is 18.8. The Labute approximate surface area is 175 Å². The van der Waals surface area contributed by atoms with E-state index in [0.717, 1.165) is 53.7 Å². The van der Waals surface area contributed by atoms with E-state index in [1.54, 1.807) is 0 Å². The largest absolute Gasteiger partial charge is 0.317 e. The van der Waals surface area contributed by atoms with E-state index >= 15 is 0 Å². The Morgan fingerprint density at radius 3 is 2.41 bits per heavy atom. The highest BCUT2D eigenvalue weighted by Gasteiger charge is 2.16. The molecule has 5 rings (SSSR count). The standard InChI is InChI=1S/C21H21N7.ClH/c1-2-15(18-11-25-26-12-18)8-16(3-1)21-23-9-17(10-24-21)19-13-27-28(14-19)20-4-6-22-7-5-20;/h1-3,8-14,20,22H,4-7H2,(H,25,26);1H. The molecule has 4 aromatic rings. The van der Waals surface area contributed by atoms with Gasteiger partial charge in [0.05, 0.1) is 18.4 Å². The van der Waals surface area contributed by atoms with E-state index in [1.165, 1.54) is 0 Å². The zero-order valence-electron chi connectivity index (χ0n) is 15.8. The van der Waals surface area contributed by atoms with Crippen molar-refractivity contribution in [2.45, 2.75) is 18.9 Å². The van der Waals surface area contributed by atoms with Crippen LogP contribution in [0.2, 0.25) is 0 Å². The number of rotatable bonds is 4. The fourth-order valence-corrected chi connectivity index (χ4v) is 3.63. The molecule has 4 heterocycles. The van der Waals surface area contributed by atoms with E-state index < -0.39 is 0 Å². The molecule has 1 saturated heterocycles. The Hall–Kier alpha value is -3.03. The van der Waals surface area contributed by atoms with Crippen LogP contribution in [-0.4, -0.2) is 43.0 Å². The van der Waals surface area contributed by atoms with Crippen molar-refractivity contribution >= 4 is 12.4 Å². The van der Waals surface area contributed by atoms with Gasteiger partial charge in [0.1, 0.15) is 0 Å². The van der Waals surface area contributed by atoms with E-state index in [0.29, 0.717) is 11.9 Å². The average Bonchev–Trinajstić information content (AvgIpc) is 3.47. The van der Waals surface area contributed by atoms with Crippen LogP contribution in [0.15, 0.2) is 61.4 Å². The highest BCUT2D eigenvalue weighted by Crippen LogP contribution is 2.26. The van der Waals surface area contributed by atoms with Crippen LogP contribution in [-0.2, 0) is 0 Å². The van der Waals surface area contributed by atoms with Crippen LogP contribution in [0.4, 0.5) is 0 Å². The van der Waals surface area contributed by atoms with Crippen molar-refractivity contribution in [3.63, 3.8) is 0 Å². The molecule has 1 aliphatic rings. The molecule has 0 saturated carbocycles. The summed E-state index contributed by atoms with van der Waals surface area (Å²) in [5, 5.41) is 14.8. The summed E-state index contributed by atoms with van der Waals surface area (Å²) in [4.78, 5) is 9.18. The highest BCUT2D eigenvalue weighted by molar-refractivity contribution is 5.85. The van der Waals surface area contributed by atoms with Gasteiger partial charge in [-0.1, -0.05) is 18.2 Å². The number of nitrogens with one attached hydrogen (secondary N) is 2. The molecule has 1 fully saturated rings. The van der Waals surface area contributed by atoms with Crippen LogP contribution in [0.1, 0.15) is 18.9 Å². The number of benzene rings is 1. The third-order valence-electron chi connectivity index (χ3n) is 5.22. The highest BCUT2D eigenvalue weighted by atomic mass is 35.5. The molecule has 7 nitrogen and oxygen atoms in total. The van der Waals surface area contributed by atoms with Crippen molar-refractivity contribution in [2.75, 3.05) is 13.1 Å². The molecule has 8 heteroatoms. The summed E-state index contributed by atoms with van der Waals surface area (Å²) < 4.78 is 2.08. The van der Waals surface area contributed by atoms with Crippen molar-refractivity contribution in [3.8, 4) is 33.6 Å². The summed E-state index contributed by atoms with van der Waals surface area (Å²) >= 11 is 0. The number of nitrogens with zero attached hydrogens (tertiary/aromatic N) is 5. The summed E-state index contributed by atoms with van der Waals surface area (Å²) in [5.74, 6) is 0.708. The number of aromatic nitrogens is 6. The van der Waals surface area contributed by atoms with Crippen LogP contribution in [0.25, 0.3) is 33.6 Å². The number of hydrogen-bond donors (Lipinski definition) is 2. The maximum atomic E-state index is 4.59. The fourth-order valence-electron chi connectivity index (χ4n) is 3.63. The smallest absolute Gasteiger partial charge is 0.159 e. The average molecular weight is 408 g/mol. The summed E-state index contributed by atoms with van der Waals surface area (Å²) in [7, 11) is 0. The van der Waals surface area contributed by atoms with E-state index in [-0.39, 0.29) is 12.4 Å². The van der Waals surface area contributed by atoms with Crippen molar-refractivity contribution in [1.82, 2.24) is 35.3 Å². The number of hydrogen-bond acceptors (Lipinski definition) is 5.